The number of methoxy groups -OCH3 is 1. The summed E-state index contributed by atoms with van der Waals surface area (Å²) in [6, 6.07) is 14.5. The third kappa shape index (κ3) is 7.92. The average molecular weight is 570 g/mol. The van der Waals surface area contributed by atoms with Gasteiger partial charge in [0, 0.05) is 11.3 Å². The van der Waals surface area contributed by atoms with Crippen LogP contribution in [0.4, 0.5) is 8.78 Å². The zero-order chi connectivity index (χ0) is 29.2. The van der Waals surface area contributed by atoms with E-state index in [9.17, 15) is 23.2 Å². The fourth-order valence-electron chi connectivity index (χ4n) is 3.74. The number of amides is 1. The van der Waals surface area contributed by atoms with Crippen molar-refractivity contribution in [3.8, 4) is 11.5 Å². The Morgan fingerprint density at radius 2 is 1.50 bits per heavy atom. The molecule has 0 saturated heterocycles. The molecule has 0 aliphatic carbocycles. The van der Waals surface area contributed by atoms with Gasteiger partial charge in [0.15, 0.2) is 11.5 Å². The van der Waals surface area contributed by atoms with Gasteiger partial charge in [-0.2, -0.15) is 11.8 Å². The van der Waals surface area contributed by atoms with E-state index in [0.717, 1.165) is 0 Å². The number of esters is 2. The molecule has 0 aliphatic rings. The number of carbonyl (C=O) groups is 3. The summed E-state index contributed by atoms with van der Waals surface area (Å²) in [4.78, 5) is 38.4. The highest BCUT2D eigenvalue weighted by molar-refractivity contribution is 7.98. The summed E-state index contributed by atoms with van der Waals surface area (Å²) in [6.45, 7) is 2.98. The third-order valence-corrected chi connectivity index (χ3v) is 6.35. The van der Waals surface area contributed by atoms with Crippen LogP contribution in [0.5, 0.6) is 11.5 Å². The number of rotatable bonds is 11. The highest BCUT2D eigenvalue weighted by Crippen LogP contribution is 2.32. The van der Waals surface area contributed by atoms with Gasteiger partial charge in [0.2, 0.25) is 0 Å². The molecule has 7 nitrogen and oxygen atoms in total. The van der Waals surface area contributed by atoms with E-state index in [0.29, 0.717) is 22.5 Å². The number of hydrogen-bond donors (Lipinski definition) is 1. The summed E-state index contributed by atoms with van der Waals surface area (Å²) in [5, 5.41) is 2.56. The minimum atomic E-state index is -1.11. The first-order valence-electron chi connectivity index (χ1n) is 12.3. The lowest BCUT2D eigenvalue weighted by molar-refractivity contribution is -0.141. The van der Waals surface area contributed by atoms with E-state index in [1.165, 1.54) is 80.4 Å². The molecule has 0 bridgehead atoms. The summed E-state index contributed by atoms with van der Waals surface area (Å²) >= 11 is 1.48. The molecule has 40 heavy (non-hydrogen) atoms. The van der Waals surface area contributed by atoms with E-state index in [1.54, 1.807) is 19.1 Å². The summed E-state index contributed by atoms with van der Waals surface area (Å²) in [5.41, 5.74) is 1.53. The maximum absolute atomic E-state index is 13.6. The van der Waals surface area contributed by atoms with Gasteiger partial charge in [-0.15, -0.1) is 0 Å². The first-order chi connectivity index (χ1) is 19.1. The SMILES string of the molecule is COc1cccc(C(=O)N[C@@H](C)C(=O)OC(C)=C(c2ccc(F)cc2)c2ccc(F)cc2)c1OC(=O)CCSC. The molecule has 10 heteroatoms. The van der Waals surface area contributed by atoms with Gasteiger partial charge in [-0.1, -0.05) is 30.3 Å². The van der Waals surface area contributed by atoms with Crippen LogP contribution in [0.1, 0.15) is 41.8 Å². The first-order valence-corrected chi connectivity index (χ1v) is 13.7. The van der Waals surface area contributed by atoms with Crippen LogP contribution < -0.4 is 14.8 Å². The monoisotopic (exact) mass is 569 g/mol. The van der Waals surface area contributed by atoms with Crippen molar-refractivity contribution in [2.45, 2.75) is 26.3 Å². The standard InChI is InChI=1S/C30H29F2NO6S/c1-18(33-29(35)24-6-5-7-25(37-3)28(24)39-26(34)16-17-40-4)30(36)38-19(2)27(20-8-12-22(31)13-9-20)21-10-14-23(32)15-11-21/h5-15,18H,16-17H2,1-4H3,(H,33,35)/t18-/m0/s1. The fourth-order valence-corrected chi connectivity index (χ4v) is 4.11. The average Bonchev–Trinajstić information content (AvgIpc) is 2.94. The van der Waals surface area contributed by atoms with Crippen molar-refractivity contribution in [3.63, 3.8) is 0 Å². The molecule has 0 spiro atoms. The minimum Gasteiger partial charge on any atom is -0.493 e. The lowest BCUT2D eigenvalue weighted by Crippen LogP contribution is -2.39. The Morgan fingerprint density at radius 3 is 2.02 bits per heavy atom. The van der Waals surface area contributed by atoms with Crippen molar-refractivity contribution in [1.29, 1.82) is 0 Å². The minimum absolute atomic E-state index is 0.00192. The van der Waals surface area contributed by atoms with Crippen LogP contribution in [0.15, 0.2) is 72.5 Å². The lowest BCUT2D eigenvalue weighted by Gasteiger charge is -2.18. The van der Waals surface area contributed by atoms with Crippen molar-refractivity contribution in [2.75, 3.05) is 19.1 Å². The van der Waals surface area contributed by atoms with E-state index in [2.05, 4.69) is 5.32 Å². The topological polar surface area (TPSA) is 90.9 Å². The van der Waals surface area contributed by atoms with Gasteiger partial charge >= 0.3 is 11.9 Å². The number of allylic oxidation sites excluding steroid dienone is 1. The second kappa shape index (κ2) is 14.3. The van der Waals surface area contributed by atoms with E-state index in [4.69, 9.17) is 14.2 Å². The Balaban J connectivity index is 1.83. The molecule has 210 valence electrons. The van der Waals surface area contributed by atoms with Gasteiger partial charge in [-0.3, -0.25) is 9.59 Å². The zero-order valence-corrected chi connectivity index (χ0v) is 23.3. The maximum Gasteiger partial charge on any atom is 0.333 e. The summed E-state index contributed by atoms with van der Waals surface area (Å²) < 4.78 is 43.4. The summed E-state index contributed by atoms with van der Waals surface area (Å²) in [5.74, 6) is -2.06. The Hall–Kier alpha value is -4.18. The van der Waals surface area contributed by atoms with Crippen LogP contribution in [-0.2, 0) is 14.3 Å². The van der Waals surface area contributed by atoms with Crippen LogP contribution in [0.2, 0.25) is 0 Å². The number of carbonyl (C=O) groups excluding carboxylic acids is 3. The summed E-state index contributed by atoms with van der Waals surface area (Å²) in [7, 11) is 1.38. The number of thioether (sulfide) groups is 1. The predicted molar refractivity (Wildman–Crippen MR) is 149 cm³/mol. The number of benzene rings is 3. The number of nitrogens with one attached hydrogen (secondary N) is 1. The maximum atomic E-state index is 13.6. The molecule has 1 atom stereocenters. The van der Waals surface area contributed by atoms with Crippen molar-refractivity contribution in [1.82, 2.24) is 5.32 Å². The van der Waals surface area contributed by atoms with Crippen molar-refractivity contribution in [3.05, 3.63) is 101 Å². The number of para-hydroxylation sites is 1. The largest absolute Gasteiger partial charge is 0.493 e. The molecule has 3 aromatic rings. The Labute approximate surface area is 235 Å². The zero-order valence-electron chi connectivity index (χ0n) is 22.5. The molecule has 1 amide bonds. The normalized spacial score (nSPS) is 11.2. The molecular weight excluding hydrogens is 540 g/mol. The van der Waals surface area contributed by atoms with Crippen LogP contribution in [0.25, 0.3) is 5.57 Å². The van der Waals surface area contributed by atoms with Gasteiger partial charge < -0.3 is 19.5 Å². The van der Waals surface area contributed by atoms with Crippen molar-refractivity contribution >= 4 is 35.2 Å². The number of ether oxygens (including phenoxy) is 3. The Kier molecular flexibility index (Phi) is 10.8. The molecule has 3 aromatic carbocycles. The molecular formula is C30H29F2NO6S. The fraction of sp³-hybridized carbons (Fsp3) is 0.233. The quantitative estimate of drug-likeness (QED) is 0.178. The second-order valence-electron chi connectivity index (χ2n) is 8.62. The molecule has 0 aliphatic heterocycles. The molecule has 1 N–H and O–H groups in total. The first kappa shape index (κ1) is 30.4. The molecule has 0 fully saturated rings. The summed E-state index contributed by atoms with van der Waals surface area (Å²) in [6.07, 6.45) is 1.99. The van der Waals surface area contributed by atoms with E-state index in [1.807, 2.05) is 6.26 Å². The van der Waals surface area contributed by atoms with Gasteiger partial charge in [0.1, 0.15) is 23.4 Å². The van der Waals surface area contributed by atoms with E-state index < -0.39 is 35.5 Å². The molecule has 0 saturated carbocycles. The Morgan fingerprint density at radius 1 is 0.925 bits per heavy atom. The van der Waals surface area contributed by atoms with E-state index >= 15 is 0 Å². The number of halogens is 2. The highest BCUT2D eigenvalue weighted by atomic mass is 32.2. The Bertz CT molecular complexity index is 1340. The van der Waals surface area contributed by atoms with Crippen molar-refractivity contribution < 1.29 is 37.4 Å². The second-order valence-corrected chi connectivity index (χ2v) is 9.60. The van der Waals surface area contributed by atoms with E-state index in [-0.39, 0.29) is 29.2 Å². The van der Waals surface area contributed by atoms with Crippen LogP contribution in [0.3, 0.4) is 0 Å². The van der Waals surface area contributed by atoms with Gasteiger partial charge in [0.25, 0.3) is 5.91 Å². The van der Waals surface area contributed by atoms with Gasteiger partial charge in [-0.05, 0) is 67.6 Å². The molecule has 0 heterocycles. The third-order valence-electron chi connectivity index (χ3n) is 5.74. The highest BCUT2D eigenvalue weighted by Gasteiger charge is 2.25. The molecule has 0 unspecified atom stereocenters. The van der Waals surface area contributed by atoms with Crippen LogP contribution in [0, 0.1) is 11.6 Å². The lowest BCUT2D eigenvalue weighted by atomic mass is 9.97. The molecule has 3 rings (SSSR count). The number of hydrogen-bond acceptors (Lipinski definition) is 7. The molecule has 0 radical (unpaired) electrons. The van der Waals surface area contributed by atoms with Gasteiger partial charge in [-0.25, -0.2) is 13.6 Å². The van der Waals surface area contributed by atoms with Crippen LogP contribution >= 0.6 is 11.8 Å². The van der Waals surface area contributed by atoms with Crippen molar-refractivity contribution in [2.24, 2.45) is 0 Å². The van der Waals surface area contributed by atoms with Crippen LogP contribution in [-0.4, -0.2) is 43.0 Å². The smallest absolute Gasteiger partial charge is 0.333 e. The predicted octanol–water partition coefficient (Wildman–Crippen LogP) is 5.77. The molecule has 0 aromatic heterocycles. The van der Waals surface area contributed by atoms with Gasteiger partial charge in [0.05, 0.1) is 19.1 Å².